The summed E-state index contributed by atoms with van der Waals surface area (Å²) in [5, 5.41) is 11.9. The molecule has 0 bridgehead atoms. The van der Waals surface area contributed by atoms with E-state index in [0.717, 1.165) is 53.2 Å². The van der Waals surface area contributed by atoms with Crippen LogP contribution < -0.4 is 10.6 Å². The summed E-state index contributed by atoms with van der Waals surface area (Å²) in [6.07, 6.45) is 0. The molecule has 0 saturated carbocycles. The maximum Gasteiger partial charge on any atom is 0.267 e. The number of nitrogens with zero attached hydrogens (tertiary/aromatic N) is 4. The molecule has 0 fully saturated rings. The fourth-order valence-electron chi connectivity index (χ4n) is 3.72. The summed E-state index contributed by atoms with van der Waals surface area (Å²) in [7, 11) is 0. The lowest BCUT2D eigenvalue weighted by molar-refractivity contribution is 0.102. The topological polar surface area (TPSA) is 110 Å². The zero-order valence-electron chi connectivity index (χ0n) is 19.6. The average Bonchev–Trinajstić information content (AvgIpc) is 3.77. The SMILES string of the molecule is O=C(Nc1nc(-c2nc3ccccc3s2)cs1)c1ccc(C(=O)Nc2nc(-c3nc4ccccc4s3)cs2)s1. The first-order valence-corrected chi connectivity index (χ1v) is 15.7. The lowest BCUT2D eigenvalue weighted by atomic mass is 10.3. The first-order chi connectivity index (χ1) is 19.1. The van der Waals surface area contributed by atoms with Crippen molar-refractivity contribution >= 4 is 99.2 Å². The third-order valence-electron chi connectivity index (χ3n) is 5.53. The molecule has 39 heavy (non-hydrogen) atoms. The zero-order chi connectivity index (χ0) is 26.3. The molecule has 5 heterocycles. The van der Waals surface area contributed by atoms with E-state index in [9.17, 15) is 9.59 Å². The van der Waals surface area contributed by atoms with Crippen LogP contribution in [0.2, 0.25) is 0 Å². The van der Waals surface area contributed by atoms with Gasteiger partial charge in [-0.2, -0.15) is 0 Å². The largest absolute Gasteiger partial charge is 0.297 e. The van der Waals surface area contributed by atoms with Crippen LogP contribution in [0.4, 0.5) is 10.3 Å². The fraction of sp³-hybridized carbons (Fsp3) is 0. The van der Waals surface area contributed by atoms with E-state index >= 15 is 0 Å². The number of aromatic nitrogens is 4. The van der Waals surface area contributed by atoms with E-state index in [0.29, 0.717) is 20.0 Å². The number of para-hydroxylation sites is 2. The Morgan fingerprint density at radius 3 is 1.49 bits per heavy atom. The van der Waals surface area contributed by atoms with Crippen molar-refractivity contribution in [2.75, 3.05) is 10.6 Å². The molecule has 7 rings (SSSR count). The number of fused-ring (bicyclic) bond motifs is 2. The summed E-state index contributed by atoms with van der Waals surface area (Å²) in [6.45, 7) is 0. The predicted molar refractivity (Wildman–Crippen MR) is 162 cm³/mol. The number of thiophene rings is 1. The highest BCUT2D eigenvalue weighted by atomic mass is 32.1. The Labute approximate surface area is 240 Å². The molecular formula is C26H14N6O2S5. The summed E-state index contributed by atoms with van der Waals surface area (Å²) >= 11 is 6.89. The molecular weight excluding hydrogens is 589 g/mol. The molecule has 2 amide bonds. The van der Waals surface area contributed by atoms with Crippen LogP contribution >= 0.6 is 56.7 Å². The standard InChI is InChI=1S/C26H14N6O2S5/c33-21(31-25-29-15(11-35-25)23-27-13-5-1-3-7-17(13)38-23)19-9-10-20(37-19)22(34)32-26-30-16(12-36-26)24-28-14-6-2-4-8-18(14)39-24/h1-12H,(H,29,31,33)(H,30,32,34). The van der Waals surface area contributed by atoms with Gasteiger partial charge in [0.2, 0.25) is 0 Å². The Morgan fingerprint density at radius 2 is 1.03 bits per heavy atom. The first kappa shape index (κ1) is 24.2. The lowest BCUT2D eigenvalue weighted by Gasteiger charge is -1.99. The van der Waals surface area contributed by atoms with Gasteiger partial charge in [-0.25, -0.2) is 19.9 Å². The van der Waals surface area contributed by atoms with Crippen molar-refractivity contribution < 1.29 is 9.59 Å². The molecule has 0 atom stereocenters. The molecule has 13 heteroatoms. The van der Waals surface area contributed by atoms with E-state index in [1.165, 1.54) is 22.7 Å². The molecule has 2 aromatic carbocycles. The van der Waals surface area contributed by atoms with Crippen molar-refractivity contribution in [3.8, 4) is 21.4 Å². The highest BCUT2D eigenvalue weighted by Crippen LogP contribution is 2.33. The smallest absolute Gasteiger partial charge is 0.267 e. The lowest BCUT2D eigenvalue weighted by Crippen LogP contribution is -2.11. The number of carbonyl (C=O) groups is 2. The molecule has 0 aliphatic rings. The number of thiazole rings is 4. The van der Waals surface area contributed by atoms with Crippen LogP contribution in [0.3, 0.4) is 0 Å². The summed E-state index contributed by atoms with van der Waals surface area (Å²) in [5.74, 6) is -0.645. The minimum atomic E-state index is -0.323. The number of nitrogens with one attached hydrogen (secondary N) is 2. The van der Waals surface area contributed by atoms with Crippen LogP contribution in [0, 0.1) is 0 Å². The molecule has 0 saturated heterocycles. The Hall–Kier alpha value is -3.88. The molecule has 0 spiro atoms. The number of hydrogen-bond donors (Lipinski definition) is 2. The first-order valence-electron chi connectivity index (χ1n) is 11.4. The third kappa shape index (κ3) is 4.86. The second-order valence-corrected chi connectivity index (χ2v) is 13.0. The predicted octanol–water partition coefficient (Wildman–Crippen LogP) is 7.72. The van der Waals surface area contributed by atoms with E-state index in [1.807, 2.05) is 59.3 Å². The molecule has 5 aromatic heterocycles. The van der Waals surface area contributed by atoms with Gasteiger partial charge in [-0.05, 0) is 36.4 Å². The van der Waals surface area contributed by atoms with Crippen LogP contribution in [0.15, 0.2) is 71.4 Å². The number of rotatable bonds is 6. The van der Waals surface area contributed by atoms with Gasteiger partial charge in [0.15, 0.2) is 10.3 Å². The van der Waals surface area contributed by atoms with Crippen molar-refractivity contribution in [3.05, 3.63) is 81.2 Å². The number of carbonyl (C=O) groups excluding carboxylic acids is 2. The number of anilines is 2. The van der Waals surface area contributed by atoms with Crippen LogP contribution in [0.25, 0.3) is 41.8 Å². The van der Waals surface area contributed by atoms with E-state index < -0.39 is 0 Å². The molecule has 2 N–H and O–H groups in total. The van der Waals surface area contributed by atoms with E-state index in [1.54, 1.807) is 34.8 Å². The molecule has 0 aliphatic carbocycles. The highest BCUT2D eigenvalue weighted by molar-refractivity contribution is 7.22. The Morgan fingerprint density at radius 1 is 0.564 bits per heavy atom. The second kappa shape index (κ2) is 10.0. The second-order valence-electron chi connectivity index (χ2n) is 8.12. The average molecular weight is 603 g/mol. The molecule has 0 aliphatic heterocycles. The maximum atomic E-state index is 12.8. The van der Waals surface area contributed by atoms with Crippen LogP contribution in [0.5, 0.6) is 0 Å². The summed E-state index contributed by atoms with van der Waals surface area (Å²) in [5.41, 5.74) is 3.28. The van der Waals surface area contributed by atoms with Crippen molar-refractivity contribution in [3.63, 3.8) is 0 Å². The monoisotopic (exact) mass is 602 g/mol. The summed E-state index contributed by atoms with van der Waals surface area (Å²) < 4.78 is 2.17. The Balaban J connectivity index is 1.01. The molecule has 0 unspecified atom stereocenters. The van der Waals surface area contributed by atoms with Crippen LogP contribution in [0.1, 0.15) is 19.3 Å². The van der Waals surface area contributed by atoms with Gasteiger partial charge in [0.1, 0.15) is 21.4 Å². The van der Waals surface area contributed by atoms with Crippen molar-refractivity contribution in [1.29, 1.82) is 0 Å². The van der Waals surface area contributed by atoms with E-state index in [2.05, 4.69) is 30.6 Å². The quantitative estimate of drug-likeness (QED) is 0.202. The van der Waals surface area contributed by atoms with Crippen LogP contribution in [-0.4, -0.2) is 31.8 Å². The molecule has 7 aromatic rings. The zero-order valence-corrected chi connectivity index (χ0v) is 23.7. The molecule has 0 radical (unpaired) electrons. The number of amides is 2. The Bertz CT molecular complexity index is 1790. The van der Waals surface area contributed by atoms with Crippen molar-refractivity contribution in [1.82, 2.24) is 19.9 Å². The van der Waals surface area contributed by atoms with Gasteiger partial charge >= 0.3 is 0 Å². The van der Waals surface area contributed by atoms with Gasteiger partial charge in [-0.15, -0.1) is 56.7 Å². The van der Waals surface area contributed by atoms with E-state index in [4.69, 9.17) is 0 Å². The minimum Gasteiger partial charge on any atom is -0.297 e. The van der Waals surface area contributed by atoms with Crippen molar-refractivity contribution in [2.24, 2.45) is 0 Å². The summed E-state index contributed by atoms with van der Waals surface area (Å²) in [4.78, 5) is 44.8. The van der Waals surface area contributed by atoms with Gasteiger partial charge < -0.3 is 0 Å². The normalized spacial score (nSPS) is 11.3. The van der Waals surface area contributed by atoms with Gasteiger partial charge in [-0.3, -0.25) is 20.2 Å². The number of hydrogen-bond acceptors (Lipinski definition) is 11. The fourth-order valence-corrected chi connectivity index (χ4v) is 7.90. The van der Waals surface area contributed by atoms with Gasteiger partial charge in [-0.1, -0.05) is 24.3 Å². The maximum absolute atomic E-state index is 12.8. The van der Waals surface area contributed by atoms with Gasteiger partial charge in [0.25, 0.3) is 11.8 Å². The van der Waals surface area contributed by atoms with Gasteiger partial charge in [0.05, 0.1) is 30.2 Å². The number of benzene rings is 2. The van der Waals surface area contributed by atoms with Gasteiger partial charge in [0, 0.05) is 10.8 Å². The molecule has 8 nitrogen and oxygen atoms in total. The van der Waals surface area contributed by atoms with Crippen LogP contribution in [-0.2, 0) is 0 Å². The minimum absolute atomic E-state index is 0.323. The van der Waals surface area contributed by atoms with Crippen molar-refractivity contribution in [2.45, 2.75) is 0 Å². The molecule has 190 valence electrons. The van der Waals surface area contributed by atoms with E-state index in [-0.39, 0.29) is 11.8 Å². The Kier molecular flexibility index (Phi) is 6.21. The third-order valence-corrected chi connectivity index (χ3v) is 10.2. The highest BCUT2D eigenvalue weighted by Gasteiger charge is 2.18. The summed E-state index contributed by atoms with van der Waals surface area (Å²) in [6, 6.07) is 19.1.